The zero-order chi connectivity index (χ0) is 19.0. The molecular formula is C20H16Cl2N4O. The minimum Gasteiger partial charge on any atom is -0.323 e. The van der Waals surface area contributed by atoms with Crippen molar-refractivity contribution < 1.29 is 4.79 Å². The number of fused-ring (bicyclic) bond motifs is 1. The van der Waals surface area contributed by atoms with Crippen molar-refractivity contribution in [1.82, 2.24) is 9.97 Å². The van der Waals surface area contributed by atoms with Crippen LogP contribution in [0.3, 0.4) is 0 Å². The molecule has 0 fully saturated rings. The summed E-state index contributed by atoms with van der Waals surface area (Å²) in [6.07, 6.45) is 0.842. The highest BCUT2D eigenvalue weighted by Crippen LogP contribution is 2.30. The number of nitrogens with zero attached hydrogens (tertiary/aromatic N) is 3. The van der Waals surface area contributed by atoms with Gasteiger partial charge in [0.05, 0.1) is 10.7 Å². The van der Waals surface area contributed by atoms with Crippen LogP contribution in [-0.4, -0.2) is 22.4 Å². The molecule has 0 saturated heterocycles. The third kappa shape index (κ3) is 3.61. The number of carbonyl (C=O) groups excluding carboxylic acids is 1. The van der Waals surface area contributed by atoms with Gasteiger partial charge < -0.3 is 10.2 Å². The Morgan fingerprint density at radius 3 is 2.78 bits per heavy atom. The Morgan fingerprint density at radius 2 is 1.93 bits per heavy atom. The van der Waals surface area contributed by atoms with Gasteiger partial charge >= 0.3 is 0 Å². The van der Waals surface area contributed by atoms with Crippen LogP contribution >= 0.6 is 23.2 Å². The van der Waals surface area contributed by atoms with Crippen LogP contribution in [0.15, 0.2) is 48.5 Å². The summed E-state index contributed by atoms with van der Waals surface area (Å²) < 4.78 is 0. The molecule has 1 aromatic heterocycles. The molecule has 1 aliphatic heterocycles. The molecule has 27 heavy (non-hydrogen) atoms. The Labute approximate surface area is 167 Å². The number of aromatic nitrogens is 2. The van der Waals surface area contributed by atoms with E-state index in [-0.39, 0.29) is 5.91 Å². The Balaban J connectivity index is 1.65. The first-order valence-corrected chi connectivity index (χ1v) is 9.24. The molecule has 0 spiro atoms. The summed E-state index contributed by atoms with van der Waals surface area (Å²) >= 11 is 12.2. The molecule has 0 bridgehead atoms. The fourth-order valence-electron chi connectivity index (χ4n) is 3.14. The average molecular weight is 399 g/mol. The summed E-state index contributed by atoms with van der Waals surface area (Å²) in [5.74, 6) is 0.153. The number of aryl methyl sites for hydroxylation is 1. The van der Waals surface area contributed by atoms with Gasteiger partial charge in [-0.2, -0.15) is 0 Å². The first kappa shape index (κ1) is 17.8. The molecule has 136 valence electrons. The number of hydrogen-bond donors (Lipinski definition) is 1. The van der Waals surface area contributed by atoms with E-state index >= 15 is 0 Å². The van der Waals surface area contributed by atoms with E-state index < -0.39 is 0 Å². The zero-order valence-electron chi connectivity index (χ0n) is 14.5. The molecule has 1 aliphatic rings. The van der Waals surface area contributed by atoms with E-state index in [1.165, 1.54) is 5.56 Å². The van der Waals surface area contributed by atoms with Gasteiger partial charge in [-0.3, -0.25) is 4.79 Å². The summed E-state index contributed by atoms with van der Waals surface area (Å²) in [6, 6.07) is 14.7. The predicted molar refractivity (Wildman–Crippen MR) is 108 cm³/mol. The minimum atomic E-state index is -0.148. The standard InChI is InChI=1S/C20H16Cl2N4O/c1-12-10-17(19(27)26-9-8-13-4-2-3-5-18(13)26)25-20(23-12)24-16-11-14(21)6-7-15(16)22/h2-7,10-11H,8-9H2,1H3,(H,23,24,25). The lowest BCUT2D eigenvalue weighted by molar-refractivity contribution is 0.0984. The van der Waals surface area contributed by atoms with Crippen molar-refractivity contribution in [3.05, 3.63) is 75.5 Å². The van der Waals surface area contributed by atoms with Crippen LogP contribution in [0.25, 0.3) is 0 Å². The quantitative estimate of drug-likeness (QED) is 0.671. The van der Waals surface area contributed by atoms with Crippen LogP contribution in [-0.2, 0) is 6.42 Å². The molecule has 2 aromatic carbocycles. The lowest BCUT2D eigenvalue weighted by Gasteiger charge is -2.17. The molecule has 1 amide bonds. The fraction of sp³-hybridized carbons (Fsp3) is 0.150. The van der Waals surface area contributed by atoms with Crippen LogP contribution in [0.5, 0.6) is 0 Å². The van der Waals surface area contributed by atoms with Crippen molar-refractivity contribution in [2.45, 2.75) is 13.3 Å². The number of para-hydroxylation sites is 1. The lowest BCUT2D eigenvalue weighted by atomic mass is 10.2. The summed E-state index contributed by atoms with van der Waals surface area (Å²) in [4.78, 5) is 23.6. The van der Waals surface area contributed by atoms with E-state index in [0.717, 1.165) is 12.1 Å². The molecule has 0 unspecified atom stereocenters. The summed E-state index contributed by atoms with van der Waals surface area (Å²) in [6.45, 7) is 2.46. The molecule has 3 aromatic rings. The Hall–Kier alpha value is -2.63. The fourth-order valence-corrected chi connectivity index (χ4v) is 3.47. The first-order valence-electron chi connectivity index (χ1n) is 8.49. The molecule has 0 aliphatic carbocycles. The number of anilines is 3. The van der Waals surface area contributed by atoms with Crippen LogP contribution < -0.4 is 10.2 Å². The van der Waals surface area contributed by atoms with Crippen molar-refractivity contribution in [2.75, 3.05) is 16.8 Å². The maximum absolute atomic E-state index is 13.0. The number of rotatable bonds is 3. The second-order valence-electron chi connectivity index (χ2n) is 6.30. The number of benzene rings is 2. The molecule has 4 rings (SSSR count). The van der Waals surface area contributed by atoms with E-state index in [2.05, 4.69) is 15.3 Å². The maximum Gasteiger partial charge on any atom is 0.277 e. The van der Waals surface area contributed by atoms with E-state index in [9.17, 15) is 4.79 Å². The van der Waals surface area contributed by atoms with Crippen molar-refractivity contribution in [2.24, 2.45) is 0 Å². The number of carbonyl (C=O) groups is 1. The Morgan fingerprint density at radius 1 is 1.11 bits per heavy atom. The van der Waals surface area contributed by atoms with E-state index in [1.54, 1.807) is 29.2 Å². The predicted octanol–water partition coefficient (Wildman–Crippen LogP) is 5.04. The number of halogens is 2. The van der Waals surface area contributed by atoms with Gasteiger partial charge in [-0.05, 0) is 49.2 Å². The van der Waals surface area contributed by atoms with Crippen LogP contribution in [0, 0.1) is 6.92 Å². The normalized spacial score (nSPS) is 12.8. The van der Waals surface area contributed by atoms with Crippen LogP contribution in [0.4, 0.5) is 17.3 Å². The first-order chi connectivity index (χ1) is 13.0. The van der Waals surface area contributed by atoms with Crippen molar-refractivity contribution >= 4 is 46.4 Å². The van der Waals surface area contributed by atoms with Gasteiger partial charge in [0.2, 0.25) is 5.95 Å². The average Bonchev–Trinajstić information content (AvgIpc) is 3.08. The van der Waals surface area contributed by atoms with Gasteiger partial charge in [0.25, 0.3) is 5.91 Å². The number of amides is 1. The molecule has 1 N–H and O–H groups in total. The zero-order valence-corrected chi connectivity index (χ0v) is 16.1. The van der Waals surface area contributed by atoms with Crippen molar-refractivity contribution in [3.63, 3.8) is 0 Å². The summed E-state index contributed by atoms with van der Waals surface area (Å²) in [7, 11) is 0. The van der Waals surface area contributed by atoms with Crippen molar-refractivity contribution in [1.29, 1.82) is 0 Å². The van der Waals surface area contributed by atoms with E-state index in [1.807, 2.05) is 31.2 Å². The van der Waals surface area contributed by atoms with Gasteiger partial charge in [0.15, 0.2) is 0 Å². The third-order valence-corrected chi connectivity index (χ3v) is 4.95. The minimum absolute atomic E-state index is 0.148. The molecule has 0 radical (unpaired) electrons. The van der Waals surface area contributed by atoms with Crippen molar-refractivity contribution in [3.8, 4) is 0 Å². The molecular weight excluding hydrogens is 383 g/mol. The number of hydrogen-bond acceptors (Lipinski definition) is 4. The van der Waals surface area contributed by atoms with Crippen LogP contribution in [0.1, 0.15) is 21.7 Å². The largest absolute Gasteiger partial charge is 0.323 e. The second-order valence-corrected chi connectivity index (χ2v) is 7.15. The number of nitrogens with one attached hydrogen (secondary N) is 1. The van der Waals surface area contributed by atoms with E-state index in [4.69, 9.17) is 23.2 Å². The second kappa shape index (κ2) is 7.18. The monoisotopic (exact) mass is 398 g/mol. The lowest BCUT2D eigenvalue weighted by Crippen LogP contribution is -2.30. The smallest absolute Gasteiger partial charge is 0.277 e. The van der Waals surface area contributed by atoms with Gasteiger partial charge in [-0.15, -0.1) is 0 Å². The van der Waals surface area contributed by atoms with Gasteiger partial charge in [-0.1, -0.05) is 41.4 Å². The molecule has 2 heterocycles. The van der Waals surface area contributed by atoms with Crippen LogP contribution in [0.2, 0.25) is 10.0 Å². The molecule has 7 heteroatoms. The maximum atomic E-state index is 13.0. The van der Waals surface area contributed by atoms with Gasteiger partial charge in [0.1, 0.15) is 5.69 Å². The highest BCUT2D eigenvalue weighted by molar-refractivity contribution is 6.35. The Kier molecular flexibility index (Phi) is 4.72. The molecule has 5 nitrogen and oxygen atoms in total. The molecule has 0 atom stereocenters. The summed E-state index contributed by atoms with van der Waals surface area (Å²) in [5.41, 5.74) is 3.70. The Bertz CT molecular complexity index is 1040. The summed E-state index contributed by atoms with van der Waals surface area (Å²) in [5, 5.41) is 4.08. The van der Waals surface area contributed by atoms with Gasteiger partial charge in [0, 0.05) is 22.9 Å². The third-order valence-electron chi connectivity index (χ3n) is 4.38. The topological polar surface area (TPSA) is 58.1 Å². The highest BCUT2D eigenvalue weighted by Gasteiger charge is 2.26. The SMILES string of the molecule is Cc1cc(C(=O)N2CCc3ccccc32)nc(Nc2cc(Cl)ccc2Cl)n1. The molecule has 0 saturated carbocycles. The van der Waals surface area contributed by atoms with E-state index in [0.29, 0.717) is 39.6 Å². The highest BCUT2D eigenvalue weighted by atomic mass is 35.5. The van der Waals surface area contributed by atoms with Gasteiger partial charge in [-0.25, -0.2) is 9.97 Å².